The van der Waals surface area contributed by atoms with Crippen molar-refractivity contribution < 1.29 is 9.53 Å². The summed E-state index contributed by atoms with van der Waals surface area (Å²) in [5.74, 6) is 0.715. The fourth-order valence-corrected chi connectivity index (χ4v) is 6.28. The standard InChI is InChI=1S/C27H36N4O2Si/c1-34(2,3)12-11-33-19-30-10-9-23-26(22(18-32)15-28-27(23)30)29-24-13-21-14-25(24)31(17-21)16-20-7-5-4-6-8-20/h4-10,15,18,21,24-25H,11-14,16-17,19H2,1-3H3,(H,28,29)/t21-,24+,25-/m0/s1. The Hall–Kier alpha value is -2.48. The predicted octanol–water partition coefficient (Wildman–Crippen LogP) is 5.24. The Bertz CT molecular complexity index is 1140. The van der Waals surface area contributed by atoms with Crippen molar-refractivity contribution in [3.8, 4) is 0 Å². The van der Waals surface area contributed by atoms with Crippen molar-refractivity contribution in [3.05, 3.63) is 59.9 Å². The molecule has 0 spiro atoms. The normalized spacial score (nSPS) is 22.5. The molecule has 6 nitrogen and oxygen atoms in total. The summed E-state index contributed by atoms with van der Waals surface area (Å²) in [6, 6.07) is 14.7. The average molecular weight is 477 g/mol. The summed E-state index contributed by atoms with van der Waals surface area (Å²) in [5, 5.41) is 4.79. The van der Waals surface area contributed by atoms with Gasteiger partial charge in [-0.1, -0.05) is 50.0 Å². The number of piperidine rings is 1. The first-order chi connectivity index (χ1) is 16.4. The molecule has 2 bridgehead atoms. The molecule has 7 heteroatoms. The second kappa shape index (κ2) is 9.64. The quantitative estimate of drug-likeness (QED) is 0.246. The molecule has 2 fully saturated rings. The molecule has 3 atom stereocenters. The number of rotatable bonds is 10. The van der Waals surface area contributed by atoms with Gasteiger partial charge in [-0.15, -0.1) is 0 Å². The van der Waals surface area contributed by atoms with Gasteiger partial charge in [-0.2, -0.15) is 0 Å². The minimum absolute atomic E-state index is 0.336. The summed E-state index contributed by atoms with van der Waals surface area (Å²) in [6.45, 7) is 10.5. The van der Waals surface area contributed by atoms with E-state index in [4.69, 9.17) is 4.74 Å². The van der Waals surface area contributed by atoms with Gasteiger partial charge in [0.15, 0.2) is 6.29 Å². The lowest BCUT2D eigenvalue weighted by atomic mass is 10.0. The number of ether oxygens (including phenoxy) is 1. The van der Waals surface area contributed by atoms with E-state index in [-0.39, 0.29) is 0 Å². The fraction of sp³-hybridized carbons (Fsp3) is 0.481. The molecule has 1 aliphatic carbocycles. The highest BCUT2D eigenvalue weighted by molar-refractivity contribution is 6.76. The van der Waals surface area contributed by atoms with Crippen LogP contribution in [0.2, 0.25) is 25.7 Å². The molecule has 0 unspecified atom stereocenters. The van der Waals surface area contributed by atoms with Crippen molar-refractivity contribution in [1.29, 1.82) is 0 Å². The number of benzene rings is 1. The summed E-state index contributed by atoms with van der Waals surface area (Å²) >= 11 is 0. The van der Waals surface area contributed by atoms with Crippen LogP contribution < -0.4 is 5.32 Å². The molecule has 3 heterocycles. The minimum atomic E-state index is -1.12. The number of carbonyl (C=O) groups excluding carboxylic acids is 1. The molecule has 1 aliphatic heterocycles. The van der Waals surface area contributed by atoms with E-state index >= 15 is 0 Å². The van der Waals surface area contributed by atoms with Crippen LogP contribution in [-0.2, 0) is 18.0 Å². The highest BCUT2D eigenvalue weighted by Crippen LogP contribution is 2.41. The van der Waals surface area contributed by atoms with Crippen LogP contribution in [0.3, 0.4) is 0 Å². The second-order valence-electron chi connectivity index (χ2n) is 11.1. The van der Waals surface area contributed by atoms with E-state index in [1.807, 2.05) is 10.8 Å². The zero-order chi connectivity index (χ0) is 23.7. The van der Waals surface area contributed by atoms with Crippen LogP contribution in [-0.4, -0.2) is 54.0 Å². The van der Waals surface area contributed by atoms with Crippen LogP contribution in [0.1, 0.15) is 28.8 Å². The van der Waals surface area contributed by atoms with E-state index in [9.17, 15) is 4.79 Å². The molecule has 180 valence electrons. The van der Waals surface area contributed by atoms with Crippen LogP contribution >= 0.6 is 0 Å². The number of nitrogens with one attached hydrogen (secondary N) is 1. The van der Waals surface area contributed by atoms with Gasteiger partial charge in [-0.3, -0.25) is 9.69 Å². The number of aromatic nitrogens is 2. The number of fused-ring (bicyclic) bond motifs is 3. The summed E-state index contributed by atoms with van der Waals surface area (Å²) in [6.07, 6.45) is 7.02. The summed E-state index contributed by atoms with van der Waals surface area (Å²) in [5.41, 5.74) is 3.77. The van der Waals surface area contributed by atoms with Crippen molar-refractivity contribution in [2.75, 3.05) is 18.5 Å². The topological polar surface area (TPSA) is 59.4 Å². The molecule has 1 aromatic carbocycles. The van der Waals surface area contributed by atoms with Crippen molar-refractivity contribution in [2.45, 2.75) is 63.9 Å². The highest BCUT2D eigenvalue weighted by atomic mass is 28.3. The zero-order valence-corrected chi connectivity index (χ0v) is 21.5. The summed E-state index contributed by atoms with van der Waals surface area (Å²) in [4.78, 5) is 19.1. The van der Waals surface area contributed by atoms with Crippen LogP contribution in [0.15, 0.2) is 48.8 Å². The minimum Gasteiger partial charge on any atom is -0.380 e. The molecular formula is C27H36N4O2Si. The van der Waals surface area contributed by atoms with Crippen molar-refractivity contribution >= 4 is 31.1 Å². The molecule has 5 rings (SSSR count). The number of aldehydes is 1. The maximum atomic E-state index is 11.9. The SMILES string of the molecule is C[Si](C)(C)CCOCn1ccc2c(N[C@@H]3C[C@H]4C[C@@H]3N(Cc3ccccc3)C4)c(C=O)cnc21. The number of anilines is 1. The molecule has 3 aromatic rings. The largest absolute Gasteiger partial charge is 0.380 e. The van der Waals surface area contributed by atoms with E-state index < -0.39 is 8.07 Å². The van der Waals surface area contributed by atoms with E-state index in [1.54, 1.807) is 6.20 Å². The van der Waals surface area contributed by atoms with E-state index in [0.717, 1.165) is 55.2 Å². The Morgan fingerprint density at radius 1 is 1.18 bits per heavy atom. The zero-order valence-electron chi connectivity index (χ0n) is 20.5. The molecule has 0 radical (unpaired) electrons. The first kappa shape index (κ1) is 23.3. The maximum absolute atomic E-state index is 11.9. The second-order valence-corrected chi connectivity index (χ2v) is 16.8. The summed E-state index contributed by atoms with van der Waals surface area (Å²) in [7, 11) is -1.12. The van der Waals surface area contributed by atoms with E-state index in [0.29, 0.717) is 30.3 Å². The number of hydrogen-bond donors (Lipinski definition) is 1. The van der Waals surface area contributed by atoms with Crippen LogP contribution in [0, 0.1) is 5.92 Å². The van der Waals surface area contributed by atoms with E-state index in [1.165, 1.54) is 12.0 Å². The lowest BCUT2D eigenvalue weighted by molar-refractivity contribution is 0.0899. The third-order valence-electron chi connectivity index (χ3n) is 7.32. The van der Waals surface area contributed by atoms with Crippen LogP contribution in [0.25, 0.3) is 11.0 Å². The van der Waals surface area contributed by atoms with Crippen molar-refractivity contribution in [2.24, 2.45) is 5.92 Å². The number of hydrogen-bond acceptors (Lipinski definition) is 5. The number of likely N-dealkylation sites (tertiary alicyclic amines) is 1. The lowest BCUT2D eigenvalue weighted by Crippen LogP contribution is -2.44. The highest BCUT2D eigenvalue weighted by Gasteiger charge is 2.45. The van der Waals surface area contributed by atoms with Crippen molar-refractivity contribution in [1.82, 2.24) is 14.5 Å². The Morgan fingerprint density at radius 3 is 2.74 bits per heavy atom. The van der Waals surface area contributed by atoms with E-state index in [2.05, 4.69) is 71.2 Å². The van der Waals surface area contributed by atoms with Gasteiger partial charge >= 0.3 is 0 Å². The first-order valence-corrected chi connectivity index (χ1v) is 16.2. The molecule has 34 heavy (non-hydrogen) atoms. The average Bonchev–Trinajstić information content (AvgIpc) is 3.51. The third-order valence-corrected chi connectivity index (χ3v) is 9.02. The van der Waals surface area contributed by atoms with Gasteiger partial charge in [0.1, 0.15) is 12.4 Å². The van der Waals surface area contributed by atoms with Crippen LogP contribution in [0.4, 0.5) is 5.69 Å². The molecule has 2 aliphatic rings. The molecule has 1 saturated heterocycles. The Labute approximate surface area is 203 Å². The number of carbonyl (C=O) groups is 1. The number of pyridine rings is 1. The predicted molar refractivity (Wildman–Crippen MR) is 140 cm³/mol. The lowest BCUT2D eigenvalue weighted by Gasteiger charge is -2.34. The number of nitrogens with zero attached hydrogens (tertiary/aromatic N) is 3. The smallest absolute Gasteiger partial charge is 0.153 e. The molecule has 1 N–H and O–H groups in total. The monoisotopic (exact) mass is 476 g/mol. The molecule has 2 aromatic heterocycles. The maximum Gasteiger partial charge on any atom is 0.153 e. The third kappa shape index (κ3) is 4.97. The van der Waals surface area contributed by atoms with Crippen LogP contribution in [0.5, 0.6) is 0 Å². The summed E-state index contributed by atoms with van der Waals surface area (Å²) < 4.78 is 8.01. The Balaban J connectivity index is 1.32. The fourth-order valence-electron chi connectivity index (χ4n) is 5.53. The van der Waals surface area contributed by atoms with Gasteiger partial charge in [-0.05, 0) is 36.4 Å². The van der Waals surface area contributed by atoms with Gasteiger partial charge in [0, 0.05) is 57.6 Å². The van der Waals surface area contributed by atoms with Crippen molar-refractivity contribution in [3.63, 3.8) is 0 Å². The van der Waals surface area contributed by atoms with Gasteiger partial charge in [0.05, 0.1) is 11.3 Å². The Kier molecular flexibility index (Phi) is 6.60. The molecule has 0 amide bonds. The van der Waals surface area contributed by atoms with Gasteiger partial charge in [0.25, 0.3) is 0 Å². The van der Waals surface area contributed by atoms with Gasteiger partial charge < -0.3 is 14.6 Å². The molecule has 1 saturated carbocycles. The molecular weight excluding hydrogens is 440 g/mol. The first-order valence-electron chi connectivity index (χ1n) is 12.5. The van der Waals surface area contributed by atoms with Gasteiger partial charge in [-0.25, -0.2) is 4.98 Å². The van der Waals surface area contributed by atoms with Gasteiger partial charge in [0.2, 0.25) is 0 Å². The Morgan fingerprint density at radius 2 is 2.00 bits per heavy atom.